The van der Waals surface area contributed by atoms with E-state index in [1.165, 1.54) is 19.5 Å². The molecule has 1 unspecified atom stereocenters. The number of fused-ring (bicyclic) bond motifs is 1. The molecule has 2 N–H and O–H groups in total. The molecule has 114 valence electrons. The first-order valence-electron chi connectivity index (χ1n) is 7.85. The van der Waals surface area contributed by atoms with Crippen LogP contribution in [-0.2, 0) is 6.54 Å². The molecule has 0 aliphatic carbocycles. The molecule has 21 heavy (non-hydrogen) atoms. The van der Waals surface area contributed by atoms with E-state index in [4.69, 9.17) is 11.6 Å². The highest BCUT2D eigenvalue weighted by Gasteiger charge is 2.23. The molecule has 3 nitrogen and oxygen atoms in total. The van der Waals surface area contributed by atoms with Crippen molar-refractivity contribution >= 4 is 22.5 Å². The van der Waals surface area contributed by atoms with Crippen LogP contribution in [0.25, 0.3) is 10.9 Å². The van der Waals surface area contributed by atoms with E-state index < -0.39 is 0 Å². The predicted octanol–water partition coefficient (Wildman–Crippen LogP) is 3.64. The fraction of sp³-hybridized carbons (Fsp3) is 0.529. The number of aromatic amines is 1. The second-order valence-corrected chi connectivity index (χ2v) is 6.72. The first kappa shape index (κ1) is 14.9. The molecule has 1 aromatic heterocycles. The van der Waals surface area contributed by atoms with E-state index in [-0.39, 0.29) is 0 Å². The third kappa shape index (κ3) is 3.25. The fourth-order valence-corrected chi connectivity index (χ4v) is 3.46. The Labute approximate surface area is 131 Å². The van der Waals surface area contributed by atoms with Gasteiger partial charge in [-0.15, -0.1) is 0 Å². The first-order valence-corrected chi connectivity index (χ1v) is 8.23. The second-order valence-electron chi connectivity index (χ2n) is 6.34. The SMILES string of the molecule is CC(C)N1CCC(CNCc2[nH]c3ccccc3c2Cl)C1. The molecule has 0 amide bonds. The maximum absolute atomic E-state index is 6.44. The fourth-order valence-electron chi connectivity index (χ4n) is 3.18. The van der Waals surface area contributed by atoms with Crippen LogP contribution in [0.4, 0.5) is 0 Å². The van der Waals surface area contributed by atoms with E-state index in [2.05, 4.69) is 41.2 Å². The van der Waals surface area contributed by atoms with Crippen LogP contribution in [0.5, 0.6) is 0 Å². The molecule has 1 atom stereocenters. The lowest BCUT2D eigenvalue weighted by Gasteiger charge is -2.20. The van der Waals surface area contributed by atoms with Crippen molar-refractivity contribution in [1.82, 2.24) is 15.2 Å². The van der Waals surface area contributed by atoms with Crippen molar-refractivity contribution in [3.05, 3.63) is 35.0 Å². The summed E-state index contributed by atoms with van der Waals surface area (Å²) in [6.45, 7) is 8.88. The Kier molecular flexibility index (Phi) is 4.53. The number of benzene rings is 1. The van der Waals surface area contributed by atoms with E-state index in [9.17, 15) is 0 Å². The Bertz CT molecular complexity index is 605. The largest absolute Gasteiger partial charge is 0.356 e. The highest BCUT2D eigenvalue weighted by molar-refractivity contribution is 6.36. The third-order valence-corrected chi connectivity index (χ3v) is 4.93. The zero-order valence-corrected chi connectivity index (χ0v) is 13.6. The number of halogens is 1. The lowest BCUT2D eigenvalue weighted by atomic mass is 10.1. The number of para-hydroxylation sites is 1. The van der Waals surface area contributed by atoms with Gasteiger partial charge in [0.25, 0.3) is 0 Å². The predicted molar refractivity (Wildman–Crippen MR) is 89.8 cm³/mol. The van der Waals surface area contributed by atoms with Gasteiger partial charge in [-0.1, -0.05) is 29.8 Å². The van der Waals surface area contributed by atoms with Gasteiger partial charge in [0.05, 0.1) is 5.02 Å². The summed E-state index contributed by atoms with van der Waals surface area (Å²) in [6.07, 6.45) is 1.30. The number of H-pyrrole nitrogens is 1. The molecule has 0 spiro atoms. The van der Waals surface area contributed by atoms with Crippen LogP contribution in [0, 0.1) is 5.92 Å². The molecule has 1 fully saturated rings. The molecule has 0 radical (unpaired) electrons. The van der Waals surface area contributed by atoms with Gasteiger partial charge in [0.15, 0.2) is 0 Å². The van der Waals surface area contributed by atoms with Gasteiger partial charge in [-0.25, -0.2) is 0 Å². The van der Waals surface area contributed by atoms with Crippen LogP contribution < -0.4 is 5.32 Å². The van der Waals surface area contributed by atoms with Gasteiger partial charge in [0.1, 0.15) is 0 Å². The summed E-state index contributed by atoms with van der Waals surface area (Å²) in [6, 6.07) is 8.86. The third-order valence-electron chi connectivity index (χ3n) is 4.50. The van der Waals surface area contributed by atoms with Crippen molar-refractivity contribution in [3.63, 3.8) is 0 Å². The smallest absolute Gasteiger partial charge is 0.0705 e. The van der Waals surface area contributed by atoms with Crippen LogP contribution >= 0.6 is 11.6 Å². The van der Waals surface area contributed by atoms with E-state index in [0.29, 0.717) is 6.04 Å². The van der Waals surface area contributed by atoms with Gasteiger partial charge >= 0.3 is 0 Å². The van der Waals surface area contributed by atoms with Crippen LogP contribution in [-0.4, -0.2) is 35.6 Å². The summed E-state index contributed by atoms with van der Waals surface area (Å²) in [5, 5.41) is 5.53. The monoisotopic (exact) mass is 305 g/mol. The minimum atomic E-state index is 0.665. The van der Waals surface area contributed by atoms with E-state index in [0.717, 1.165) is 40.6 Å². The van der Waals surface area contributed by atoms with Crippen molar-refractivity contribution in [2.75, 3.05) is 19.6 Å². The van der Waals surface area contributed by atoms with Crippen LogP contribution in [0.3, 0.4) is 0 Å². The summed E-state index contributed by atoms with van der Waals surface area (Å²) in [5.74, 6) is 0.760. The van der Waals surface area contributed by atoms with Gasteiger partial charge in [0, 0.05) is 35.7 Å². The Morgan fingerprint density at radius 3 is 2.90 bits per heavy atom. The van der Waals surface area contributed by atoms with Crippen molar-refractivity contribution in [2.45, 2.75) is 32.9 Å². The molecule has 1 aliphatic rings. The Morgan fingerprint density at radius 2 is 2.19 bits per heavy atom. The minimum Gasteiger partial charge on any atom is -0.356 e. The topological polar surface area (TPSA) is 31.1 Å². The van der Waals surface area contributed by atoms with Crippen molar-refractivity contribution in [2.24, 2.45) is 5.92 Å². The van der Waals surface area contributed by atoms with Crippen LogP contribution in [0.2, 0.25) is 5.02 Å². The van der Waals surface area contributed by atoms with E-state index in [1.807, 2.05) is 12.1 Å². The van der Waals surface area contributed by atoms with Gasteiger partial charge in [-0.2, -0.15) is 0 Å². The van der Waals surface area contributed by atoms with Gasteiger partial charge < -0.3 is 15.2 Å². The normalized spacial score (nSPS) is 19.9. The van der Waals surface area contributed by atoms with Crippen LogP contribution in [0.15, 0.2) is 24.3 Å². The highest BCUT2D eigenvalue weighted by Crippen LogP contribution is 2.27. The molecular weight excluding hydrogens is 282 g/mol. The molecule has 1 aromatic carbocycles. The number of nitrogens with zero attached hydrogens (tertiary/aromatic N) is 1. The standard InChI is InChI=1S/C17H24ClN3/c1-12(2)21-8-7-13(11-21)9-19-10-16-17(18)14-5-3-4-6-15(14)20-16/h3-6,12-13,19-20H,7-11H2,1-2H3. The number of likely N-dealkylation sites (tertiary alicyclic amines) is 1. The number of hydrogen-bond acceptors (Lipinski definition) is 2. The first-order chi connectivity index (χ1) is 10.1. The maximum Gasteiger partial charge on any atom is 0.0705 e. The summed E-state index contributed by atoms with van der Waals surface area (Å²) in [5.41, 5.74) is 2.21. The zero-order valence-electron chi connectivity index (χ0n) is 12.8. The molecule has 0 saturated carbocycles. The van der Waals surface area contributed by atoms with Crippen molar-refractivity contribution < 1.29 is 0 Å². The van der Waals surface area contributed by atoms with E-state index >= 15 is 0 Å². The minimum absolute atomic E-state index is 0.665. The maximum atomic E-state index is 6.44. The lowest BCUT2D eigenvalue weighted by molar-refractivity contribution is 0.264. The molecule has 2 heterocycles. The molecular formula is C17H24ClN3. The molecule has 0 bridgehead atoms. The average molecular weight is 306 g/mol. The number of rotatable bonds is 5. The number of hydrogen-bond donors (Lipinski definition) is 2. The van der Waals surface area contributed by atoms with Gasteiger partial charge in [0.2, 0.25) is 0 Å². The molecule has 4 heteroatoms. The summed E-state index contributed by atoms with van der Waals surface area (Å²) >= 11 is 6.44. The average Bonchev–Trinajstić information content (AvgIpc) is 3.06. The Hall–Kier alpha value is -1.03. The van der Waals surface area contributed by atoms with Gasteiger partial charge in [-0.3, -0.25) is 0 Å². The number of aromatic nitrogens is 1. The lowest BCUT2D eigenvalue weighted by Crippen LogP contribution is -2.30. The van der Waals surface area contributed by atoms with Crippen LogP contribution in [0.1, 0.15) is 26.0 Å². The zero-order chi connectivity index (χ0) is 14.8. The summed E-state index contributed by atoms with van der Waals surface area (Å²) in [7, 11) is 0. The Balaban J connectivity index is 1.54. The number of nitrogens with one attached hydrogen (secondary N) is 2. The van der Waals surface area contributed by atoms with Gasteiger partial charge in [-0.05, 0) is 45.3 Å². The summed E-state index contributed by atoms with van der Waals surface area (Å²) in [4.78, 5) is 5.97. The second kappa shape index (κ2) is 6.39. The quantitative estimate of drug-likeness (QED) is 0.883. The van der Waals surface area contributed by atoms with E-state index in [1.54, 1.807) is 0 Å². The Morgan fingerprint density at radius 1 is 1.38 bits per heavy atom. The van der Waals surface area contributed by atoms with Crippen molar-refractivity contribution in [1.29, 1.82) is 0 Å². The molecule has 2 aromatic rings. The molecule has 3 rings (SSSR count). The summed E-state index contributed by atoms with van der Waals surface area (Å²) < 4.78 is 0. The highest BCUT2D eigenvalue weighted by atomic mass is 35.5. The molecule has 1 saturated heterocycles. The molecule has 1 aliphatic heterocycles. The van der Waals surface area contributed by atoms with Crippen molar-refractivity contribution in [3.8, 4) is 0 Å².